The minimum Gasteiger partial charge on any atom is -0.486 e. The van der Waals surface area contributed by atoms with E-state index in [1.54, 1.807) is 30.3 Å². The van der Waals surface area contributed by atoms with Crippen molar-refractivity contribution in [1.29, 1.82) is 0 Å². The first-order chi connectivity index (χ1) is 12.2. The lowest BCUT2D eigenvalue weighted by molar-refractivity contribution is 0.0467. The maximum Gasteiger partial charge on any atom is 0.338 e. The normalized spacial score (nSPS) is 12.8. The molecule has 25 heavy (non-hydrogen) atoms. The van der Waals surface area contributed by atoms with Gasteiger partial charge >= 0.3 is 5.97 Å². The van der Waals surface area contributed by atoms with E-state index in [4.69, 9.17) is 18.6 Å². The van der Waals surface area contributed by atoms with Crippen LogP contribution in [0.1, 0.15) is 20.9 Å². The summed E-state index contributed by atoms with van der Waals surface area (Å²) in [5, 5.41) is 0.823. The van der Waals surface area contributed by atoms with Crippen LogP contribution in [-0.4, -0.2) is 31.6 Å². The molecule has 0 unspecified atom stereocenters. The standard InChI is InChI=1S/C19H14O6/c20-14(17-9-12-3-1-2-4-15(12)25-17)11-24-19(21)13-5-6-16-18(10-13)23-8-7-22-16/h1-6,9-10H,7-8,11H2. The van der Waals surface area contributed by atoms with E-state index >= 15 is 0 Å². The van der Waals surface area contributed by atoms with Crippen LogP contribution in [-0.2, 0) is 4.74 Å². The molecule has 0 radical (unpaired) electrons. The van der Waals surface area contributed by atoms with Crippen LogP contribution in [0.5, 0.6) is 11.5 Å². The van der Waals surface area contributed by atoms with Crippen molar-refractivity contribution >= 4 is 22.7 Å². The summed E-state index contributed by atoms with van der Waals surface area (Å²) in [6.07, 6.45) is 0. The third-order valence-electron chi connectivity index (χ3n) is 3.81. The zero-order chi connectivity index (χ0) is 17.2. The lowest BCUT2D eigenvalue weighted by Gasteiger charge is -2.18. The number of hydrogen-bond acceptors (Lipinski definition) is 6. The van der Waals surface area contributed by atoms with Crippen LogP contribution in [0.25, 0.3) is 11.0 Å². The summed E-state index contributed by atoms with van der Waals surface area (Å²) >= 11 is 0. The van der Waals surface area contributed by atoms with Crippen LogP contribution in [0.4, 0.5) is 0 Å². The summed E-state index contributed by atoms with van der Waals surface area (Å²) in [6, 6.07) is 13.7. The molecule has 2 heterocycles. The fourth-order valence-electron chi connectivity index (χ4n) is 2.58. The van der Waals surface area contributed by atoms with Crippen molar-refractivity contribution in [2.45, 2.75) is 0 Å². The van der Waals surface area contributed by atoms with Crippen LogP contribution >= 0.6 is 0 Å². The Morgan fingerprint density at radius 1 is 0.960 bits per heavy atom. The van der Waals surface area contributed by atoms with Crippen molar-refractivity contribution < 1.29 is 28.2 Å². The van der Waals surface area contributed by atoms with E-state index in [9.17, 15) is 9.59 Å². The van der Waals surface area contributed by atoms with E-state index in [0.717, 1.165) is 5.39 Å². The van der Waals surface area contributed by atoms with E-state index < -0.39 is 18.4 Å². The highest BCUT2D eigenvalue weighted by atomic mass is 16.6. The highest BCUT2D eigenvalue weighted by Gasteiger charge is 2.18. The van der Waals surface area contributed by atoms with Crippen LogP contribution in [0.3, 0.4) is 0 Å². The molecule has 0 saturated carbocycles. The van der Waals surface area contributed by atoms with Gasteiger partial charge in [-0.15, -0.1) is 0 Å². The minimum atomic E-state index is -0.610. The van der Waals surface area contributed by atoms with Gasteiger partial charge in [0, 0.05) is 5.39 Å². The molecule has 3 aromatic rings. The molecule has 0 fully saturated rings. The Balaban J connectivity index is 1.43. The predicted octanol–water partition coefficient (Wildman–Crippen LogP) is 3.24. The average Bonchev–Trinajstić information content (AvgIpc) is 3.09. The number of carbonyl (C=O) groups excluding carboxylic acids is 2. The molecular weight excluding hydrogens is 324 g/mol. The SMILES string of the molecule is O=C(OCC(=O)c1cc2ccccc2o1)c1ccc2c(c1)OCCO2. The number of esters is 1. The molecule has 1 aromatic heterocycles. The maximum atomic E-state index is 12.2. The molecule has 126 valence electrons. The molecule has 1 aliphatic heterocycles. The van der Waals surface area contributed by atoms with Gasteiger partial charge in [-0.1, -0.05) is 18.2 Å². The van der Waals surface area contributed by atoms with E-state index in [-0.39, 0.29) is 5.76 Å². The fourth-order valence-corrected chi connectivity index (χ4v) is 2.58. The summed E-state index contributed by atoms with van der Waals surface area (Å²) < 4.78 is 21.4. The van der Waals surface area contributed by atoms with Gasteiger partial charge in [-0.05, 0) is 30.3 Å². The van der Waals surface area contributed by atoms with Crippen molar-refractivity contribution in [2.24, 2.45) is 0 Å². The van der Waals surface area contributed by atoms with Gasteiger partial charge in [0.05, 0.1) is 5.56 Å². The molecule has 0 saturated heterocycles. The Hall–Kier alpha value is -3.28. The largest absolute Gasteiger partial charge is 0.486 e. The summed E-state index contributed by atoms with van der Waals surface area (Å²) in [5.41, 5.74) is 0.908. The van der Waals surface area contributed by atoms with Crippen LogP contribution < -0.4 is 9.47 Å². The summed E-state index contributed by atoms with van der Waals surface area (Å²) in [5.74, 6) is 0.227. The van der Waals surface area contributed by atoms with Gasteiger partial charge in [0.2, 0.25) is 5.78 Å². The smallest absolute Gasteiger partial charge is 0.338 e. The third-order valence-corrected chi connectivity index (χ3v) is 3.81. The fraction of sp³-hybridized carbons (Fsp3) is 0.158. The molecule has 4 rings (SSSR count). The molecule has 1 aliphatic rings. The second-order valence-electron chi connectivity index (χ2n) is 5.51. The monoisotopic (exact) mass is 338 g/mol. The molecule has 0 bridgehead atoms. The predicted molar refractivity (Wildman–Crippen MR) is 88.3 cm³/mol. The van der Waals surface area contributed by atoms with Gasteiger partial charge in [-0.3, -0.25) is 4.79 Å². The Morgan fingerprint density at radius 3 is 2.60 bits per heavy atom. The molecule has 6 nitrogen and oxygen atoms in total. The van der Waals surface area contributed by atoms with Gasteiger partial charge in [0.25, 0.3) is 0 Å². The number of fused-ring (bicyclic) bond motifs is 2. The number of Topliss-reactive ketones (excluding diaryl/α,β-unsaturated/α-hetero) is 1. The lowest BCUT2D eigenvalue weighted by atomic mass is 10.2. The molecule has 2 aromatic carbocycles. The minimum absolute atomic E-state index is 0.163. The van der Waals surface area contributed by atoms with E-state index in [1.807, 2.05) is 18.2 Å². The first-order valence-electron chi connectivity index (χ1n) is 7.79. The van der Waals surface area contributed by atoms with E-state index in [0.29, 0.717) is 35.9 Å². The summed E-state index contributed by atoms with van der Waals surface area (Å²) in [6.45, 7) is 0.506. The molecule has 0 aliphatic carbocycles. The van der Waals surface area contributed by atoms with Gasteiger partial charge in [-0.2, -0.15) is 0 Å². The van der Waals surface area contributed by atoms with Gasteiger partial charge < -0.3 is 18.6 Å². The van der Waals surface area contributed by atoms with Gasteiger partial charge in [0.1, 0.15) is 18.8 Å². The van der Waals surface area contributed by atoms with Crippen LogP contribution in [0.15, 0.2) is 52.9 Å². The number of ketones is 1. The first-order valence-corrected chi connectivity index (χ1v) is 7.79. The molecule has 0 N–H and O–H groups in total. The number of benzene rings is 2. The molecule has 0 amide bonds. The Morgan fingerprint density at radius 2 is 1.76 bits per heavy atom. The number of rotatable bonds is 4. The Labute approximate surface area is 142 Å². The van der Waals surface area contributed by atoms with Gasteiger partial charge in [0.15, 0.2) is 23.9 Å². The van der Waals surface area contributed by atoms with Crippen molar-refractivity contribution in [3.05, 3.63) is 59.9 Å². The molecule has 0 atom stereocenters. The number of carbonyl (C=O) groups is 2. The number of para-hydroxylation sites is 1. The number of furan rings is 1. The second kappa shape index (κ2) is 6.32. The number of hydrogen-bond donors (Lipinski definition) is 0. The van der Waals surface area contributed by atoms with Crippen molar-refractivity contribution in [2.75, 3.05) is 19.8 Å². The van der Waals surface area contributed by atoms with Crippen molar-refractivity contribution in [3.8, 4) is 11.5 Å². The molecule has 6 heteroatoms. The summed E-state index contributed by atoms with van der Waals surface area (Å²) in [7, 11) is 0. The maximum absolute atomic E-state index is 12.2. The Bertz CT molecular complexity index is 922. The lowest BCUT2D eigenvalue weighted by Crippen LogP contribution is -2.17. The zero-order valence-electron chi connectivity index (χ0n) is 13.2. The topological polar surface area (TPSA) is 75.0 Å². The van der Waals surface area contributed by atoms with E-state index in [2.05, 4.69) is 0 Å². The van der Waals surface area contributed by atoms with Crippen LogP contribution in [0.2, 0.25) is 0 Å². The highest BCUT2D eigenvalue weighted by Crippen LogP contribution is 2.31. The van der Waals surface area contributed by atoms with E-state index in [1.165, 1.54) is 0 Å². The average molecular weight is 338 g/mol. The van der Waals surface area contributed by atoms with Crippen molar-refractivity contribution in [3.63, 3.8) is 0 Å². The zero-order valence-corrected chi connectivity index (χ0v) is 13.2. The van der Waals surface area contributed by atoms with Crippen molar-refractivity contribution in [1.82, 2.24) is 0 Å². The van der Waals surface area contributed by atoms with Gasteiger partial charge in [-0.25, -0.2) is 4.79 Å². The highest BCUT2D eigenvalue weighted by molar-refractivity contribution is 6.00. The first kappa shape index (κ1) is 15.3. The Kier molecular flexibility index (Phi) is 3.85. The summed E-state index contributed by atoms with van der Waals surface area (Å²) in [4.78, 5) is 24.3. The third kappa shape index (κ3) is 3.06. The number of ether oxygens (including phenoxy) is 3. The molecule has 0 spiro atoms. The quantitative estimate of drug-likeness (QED) is 0.537. The second-order valence-corrected chi connectivity index (χ2v) is 5.51. The van der Waals surface area contributed by atoms with Crippen LogP contribution in [0, 0.1) is 0 Å². The molecular formula is C19H14O6.